The van der Waals surface area contributed by atoms with E-state index in [9.17, 15) is 9.90 Å². The molecular weight excluding hydrogens is 336 g/mol. The number of hydrogen-bond donors (Lipinski definition) is 2. The molecule has 2 aliphatic rings. The molecule has 2 N–H and O–H groups in total. The molecule has 1 saturated heterocycles. The third-order valence-electron chi connectivity index (χ3n) is 6.28. The predicted octanol–water partition coefficient (Wildman–Crippen LogP) is 3.56. The number of para-hydroxylation sites is 1. The van der Waals surface area contributed by atoms with Crippen molar-refractivity contribution in [2.75, 3.05) is 18.4 Å². The van der Waals surface area contributed by atoms with Crippen molar-refractivity contribution in [2.24, 2.45) is 5.92 Å². The Balaban J connectivity index is 1.56. The van der Waals surface area contributed by atoms with Crippen molar-refractivity contribution in [1.82, 2.24) is 4.90 Å². The fourth-order valence-electron chi connectivity index (χ4n) is 4.85. The normalized spacial score (nSPS) is 24.4. The molecule has 2 aromatic carbocycles. The number of nitrogens with zero attached hydrogens (tertiary/aromatic N) is 1. The minimum atomic E-state index is -0.955. The predicted molar refractivity (Wildman–Crippen MR) is 107 cm³/mol. The van der Waals surface area contributed by atoms with Crippen molar-refractivity contribution in [3.63, 3.8) is 0 Å². The number of piperidine rings is 1. The molecule has 4 nitrogen and oxygen atoms in total. The Kier molecular flexibility index (Phi) is 5.02. The first-order valence-electron chi connectivity index (χ1n) is 10.0. The van der Waals surface area contributed by atoms with Crippen molar-refractivity contribution >= 4 is 11.6 Å². The van der Waals surface area contributed by atoms with Gasteiger partial charge in [-0.2, -0.15) is 0 Å². The van der Waals surface area contributed by atoms with Crippen molar-refractivity contribution in [1.29, 1.82) is 0 Å². The maximum Gasteiger partial charge on any atom is 0.252 e. The summed E-state index contributed by atoms with van der Waals surface area (Å²) in [6.07, 6.45) is 3.00. The van der Waals surface area contributed by atoms with Crippen molar-refractivity contribution < 1.29 is 9.90 Å². The molecule has 142 valence electrons. The smallest absolute Gasteiger partial charge is 0.252 e. The van der Waals surface area contributed by atoms with Crippen LogP contribution in [0, 0.1) is 5.92 Å². The van der Waals surface area contributed by atoms with Crippen LogP contribution in [0.5, 0.6) is 0 Å². The fourth-order valence-corrected chi connectivity index (χ4v) is 4.85. The van der Waals surface area contributed by atoms with E-state index in [2.05, 4.69) is 40.5 Å². The molecule has 1 amide bonds. The molecule has 2 aliphatic heterocycles. The number of fused-ring (bicyclic) bond motifs is 1. The van der Waals surface area contributed by atoms with Gasteiger partial charge >= 0.3 is 0 Å². The van der Waals surface area contributed by atoms with Crippen molar-refractivity contribution in [3.05, 3.63) is 65.7 Å². The van der Waals surface area contributed by atoms with Gasteiger partial charge in [-0.25, -0.2) is 0 Å². The highest BCUT2D eigenvalue weighted by atomic mass is 16.3. The molecule has 27 heavy (non-hydrogen) atoms. The van der Waals surface area contributed by atoms with Gasteiger partial charge in [-0.3, -0.25) is 9.69 Å². The first kappa shape index (κ1) is 18.2. The van der Waals surface area contributed by atoms with Crippen LogP contribution in [-0.2, 0) is 16.8 Å². The number of rotatable bonds is 5. The zero-order valence-electron chi connectivity index (χ0n) is 15.9. The van der Waals surface area contributed by atoms with Crippen LogP contribution in [0.3, 0.4) is 0 Å². The number of aliphatic hydroxyl groups is 1. The van der Waals surface area contributed by atoms with E-state index in [1.54, 1.807) is 0 Å². The van der Waals surface area contributed by atoms with E-state index in [0.29, 0.717) is 12.3 Å². The van der Waals surface area contributed by atoms with Crippen LogP contribution in [0.15, 0.2) is 54.6 Å². The molecule has 4 heteroatoms. The van der Waals surface area contributed by atoms with Crippen molar-refractivity contribution in [2.45, 2.75) is 44.2 Å². The van der Waals surface area contributed by atoms with Gasteiger partial charge in [0, 0.05) is 11.3 Å². The average Bonchev–Trinajstić information content (AvgIpc) is 3.01. The third kappa shape index (κ3) is 3.07. The van der Waals surface area contributed by atoms with E-state index in [-0.39, 0.29) is 5.91 Å². The monoisotopic (exact) mass is 364 g/mol. The quantitative estimate of drug-likeness (QED) is 0.853. The standard InChI is InChI=1S/C23H28N2O2/c1-2-21(26)23(19-10-6-7-11-20(19)24-22(23)27)25-14-12-18(13-15-25)16-17-8-4-3-5-9-17/h3-11,18,21,26H,2,12-16H2,1H3,(H,24,27). The number of carbonyl (C=O) groups is 1. The molecule has 0 radical (unpaired) electrons. The van der Waals surface area contributed by atoms with E-state index >= 15 is 0 Å². The summed E-state index contributed by atoms with van der Waals surface area (Å²) < 4.78 is 0. The second kappa shape index (κ2) is 7.45. The van der Waals surface area contributed by atoms with Gasteiger partial charge in [0.25, 0.3) is 5.91 Å². The van der Waals surface area contributed by atoms with Gasteiger partial charge in [0.05, 0.1) is 6.10 Å². The molecule has 2 unspecified atom stereocenters. The van der Waals surface area contributed by atoms with Crippen LogP contribution < -0.4 is 5.32 Å². The zero-order chi connectivity index (χ0) is 18.9. The van der Waals surface area contributed by atoms with Gasteiger partial charge in [0.1, 0.15) is 0 Å². The number of nitrogens with one attached hydrogen (secondary N) is 1. The Morgan fingerprint density at radius 1 is 1.11 bits per heavy atom. The van der Waals surface area contributed by atoms with Gasteiger partial charge in [-0.15, -0.1) is 0 Å². The fraction of sp³-hybridized carbons (Fsp3) is 0.435. The van der Waals surface area contributed by atoms with E-state index in [4.69, 9.17) is 0 Å². The number of benzene rings is 2. The second-order valence-corrected chi connectivity index (χ2v) is 7.81. The van der Waals surface area contributed by atoms with Crippen LogP contribution in [-0.4, -0.2) is 35.1 Å². The number of carbonyl (C=O) groups excluding carboxylic acids is 1. The van der Waals surface area contributed by atoms with Crippen LogP contribution in [0.1, 0.15) is 37.3 Å². The molecule has 0 bridgehead atoms. The Morgan fingerprint density at radius 3 is 2.48 bits per heavy atom. The molecule has 2 heterocycles. The summed E-state index contributed by atoms with van der Waals surface area (Å²) in [6, 6.07) is 18.4. The summed E-state index contributed by atoms with van der Waals surface area (Å²) in [4.78, 5) is 15.3. The number of amides is 1. The molecule has 4 rings (SSSR count). The van der Waals surface area contributed by atoms with Crippen LogP contribution in [0.4, 0.5) is 5.69 Å². The molecule has 2 atom stereocenters. The van der Waals surface area contributed by atoms with Gasteiger partial charge in [0.15, 0.2) is 5.54 Å². The number of aliphatic hydroxyl groups excluding tert-OH is 1. The molecule has 2 aromatic rings. The highest BCUT2D eigenvalue weighted by Gasteiger charge is 2.55. The summed E-state index contributed by atoms with van der Waals surface area (Å²) >= 11 is 0. The SMILES string of the molecule is CCC(O)C1(N2CCC(Cc3ccccc3)CC2)C(=O)Nc2ccccc21. The maximum atomic E-state index is 13.1. The molecule has 0 aromatic heterocycles. The van der Waals surface area contributed by atoms with Crippen LogP contribution in [0.25, 0.3) is 0 Å². The summed E-state index contributed by atoms with van der Waals surface area (Å²) in [5, 5.41) is 14.0. The summed E-state index contributed by atoms with van der Waals surface area (Å²) in [7, 11) is 0. The first-order chi connectivity index (χ1) is 13.2. The Hall–Kier alpha value is -2.17. The Morgan fingerprint density at radius 2 is 1.78 bits per heavy atom. The summed E-state index contributed by atoms with van der Waals surface area (Å²) in [6.45, 7) is 3.61. The summed E-state index contributed by atoms with van der Waals surface area (Å²) in [5.74, 6) is 0.540. The Labute approximate surface area is 161 Å². The number of anilines is 1. The zero-order valence-corrected chi connectivity index (χ0v) is 15.9. The average molecular weight is 364 g/mol. The lowest BCUT2D eigenvalue weighted by molar-refractivity contribution is -0.139. The van der Waals surface area contributed by atoms with E-state index in [0.717, 1.165) is 43.6 Å². The lowest BCUT2D eigenvalue weighted by Crippen LogP contribution is -2.60. The molecular formula is C23H28N2O2. The van der Waals surface area contributed by atoms with Crippen LogP contribution in [0.2, 0.25) is 0 Å². The number of hydrogen-bond acceptors (Lipinski definition) is 3. The minimum Gasteiger partial charge on any atom is -0.390 e. The highest BCUT2D eigenvalue weighted by molar-refractivity contribution is 6.06. The topological polar surface area (TPSA) is 52.6 Å². The van der Waals surface area contributed by atoms with Gasteiger partial charge in [-0.1, -0.05) is 55.5 Å². The van der Waals surface area contributed by atoms with E-state index in [1.165, 1.54) is 5.56 Å². The Bertz CT molecular complexity index is 799. The van der Waals surface area contributed by atoms with Crippen LogP contribution >= 0.6 is 0 Å². The minimum absolute atomic E-state index is 0.0837. The second-order valence-electron chi connectivity index (χ2n) is 7.81. The number of likely N-dealkylation sites (tertiary alicyclic amines) is 1. The molecule has 1 fully saturated rings. The highest BCUT2D eigenvalue weighted by Crippen LogP contribution is 2.45. The third-order valence-corrected chi connectivity index (χ3v) is 6.28. The maximum absolute atomic E-state index is 13.1. The van der Waals surface area contributed by atoms with Gasteiger partial charge in [-0.05, 0) is 56.3 Å². The molecule has 0 spiro atoms. The molecule has 0 saturated carbocycles. The van der Waals surface area contributed by atoms with E-state index in [1.807, 2.05) is 31.2 Å². The lowest BCUT2D eigenvalue weighted by Gasteiger charge is -2.46. The summed E-state index contributed by atoms with van der Waals surface area (Å²) in [5.41, 5.74) is 2.18. The first-order valence-corrected chi connectivity index (χ1v) is 10.0. The largest absolute Gasteiger partial charge is 0.390 e. The molecule has 0 aliphatic carbocycles. The lowest BCUT2D eigenvalue weighted by atomic mass is 9.79. The van der Waals surface area contributed by atoms with Gasteiger partial charge in [0.2, 0.25) is 0 Å². The van der Waals surface area contributed by atoms with Gasteiger partial charge < -0.3 is 10.4 Å². The van der Waals surface area contributed by atoms with E-state index < -0.39 is 11.6 Å². The van der Waals surface area contributed by atoms with Crippen molar-refractivity contribution in [3.8, 4) is 0 Å².